The topological polar surface area (TPSA) is 49.2 Å². The highest BCUT2D eigenvalue weighted by molar-refractivity contribution is 7.15. The van der Waals surface area contributed by atoms with Crippen molar-refractivity contribution in [3.63, 3.8) is 0 Å². The first kappa shape index (κ1) is 14.4. The van der Waals surface area contributed by atoms with Gasteiger partial charge in [-0.25, -0.2) is 4.39 Å². The smallest absolute Gasteiger partial charge is 0.208 e. The average molecular weight is 307 g/mol. The van der Waals surface area contributed by atoms with Gasteiger partial charge in [-0.3, -0.25) is 0 Å². The molecule has 0 bridgehead atoms. The molecule has 1 aromatic carbocycles. The maximum absolute atomic E-state index is 12.9. The molecular formula is C15H18FN3OS. The molecule has 1 N–H and O–H groups in total. The van der Waals surface area contributed by atoms with Crippen LogP contribution in [0.2, 0.25) is 0 Å². The van der Waals surface area contributed by atoms with E-state index >= 15 is 0 Å². The Morgan fingerprint density at radius 1 is 1.29 bits per heavy atom. The number of aliphatic hydroxyl groups is 1. The first-order valence-corrected chi connectivity index (χ1v) is 7.99. The summed E-state index contributed by atoms with van der Waals surface area (Å²) in [5.74, 6) is 0.114. The Hall–Kier alpha value is -1.53. The van der Waals surface area contributed by atoms with E-state index in [1.165, 1.54) is 12.1 Å². The number of hydrogen-bond acceptors (Lipinski definition) is 5. The van der Waals surface area contributed by atoms with Crippen LogP contribution in [0.1, 0.15) is 23.4 Å². The number of aromatic nitrogens is 2. The molecule has 4 nitrogen and oxygen atoms in total. The van der Waals surface area contributed by atoms with Gasteiger partial charge in [-0.2, -0.15) is 0 Å². The molecule has 1 aliphatic rings. The van der Waals surface area contributed by atoms with E-state index in [9.17, 15) is 9.50 Å². The maximum Gasteiger partial charge on any atom is 0.208 e. The number of aliphatic hydroxyl groups excluding tert-OH is 1. The van der Waals surface area contributed by atoms with E-state index in [1.807, 2.05) is 0 Å². The first-order chi connectivity index (χ1) is 10.2. The summed E-state index contributed by atoms with van der Waals surface area (Å²) >= 11 is 1.58. The third kappa shape index (κ3) is 3.57. The molecule has 21 heavy (non-hydrogen) atoms. The van der Waals surface area contributed by atoms with Crippen LogP contribution in [0.15, 0.2) is 24.3 Å². The van der Waals surface area contributed by atoms with Gasteiger partial charge in [0.05, 0.1) is 0 Å². The Kier molecular flexibility index (Phi) is 4.45. The summed E-state index contributed by atoms with van der Waals surface area (Å²) in [5.41, 5.74) is 1.03. The number of halogens is 1. The summed E-state index contributed by atoms with van der Waals surface area (Å²) in [7, 11) is 0. The number of rotatable bonds is 4. The fourth-order valence-corrected chi connectivity index (χ4v) is 3.52. The van der Waals surface area contributed by atoms with Crippen LogP contribution in [0.25, 0.3) is 0 Å². The molecule has 2 heterocycles. The van der Waals surface area contributed by atoms with Gasteiger partial charge in [0.2, 0.25) is 5.13 Å². The summed E-state index contributed by atoms with van der Waals surface area (Å²) < 4.78 is 12.9. The fraction of sp³-hybridized carbons (Fsp3) is 0.467. The van der Waals surface area contributed by atoms with Crippen molar-refractivity contribution in [2.24, 2.45) is 5.92 Å². The monoisotopic (exact) mass is 307 g/mol. The summed E-state index contributed by atoms with van der Waals surface area (Å²) in [6, 6.07) is 6.49. The Morgan fingerprint density at radius 3 is 2.86 bits per heavy atom. The van der Waals surface area contributed by atoms with Gasteiger partial charge in [0, 0.05) is 26.1 Å². The van der Waals surface area contributed by atoms with Crippen molar-refractivity contribution in [1.29, 1.82) is 0 Å². The lowest BCUT2D eigenvalue weighted by molar-refractivity contribution is 0.208. The van der Waals surface area contributed by atoms with Crippen LogP contribution in [0.5, 0.6) is 0 Å². The molecule has 1 unspecified atom stereocenters. The number of hydrogen-bond donors (Lipinski definition) is 1. The highest BCUT2D eigenvalue weighted by atomic mass is 32.1. The third-order valence-electron chi connectivity index (χ3n) is 3.77. The molecule has 112 valence electrons. The molecule has 0 amide bonds. The summed E-state index contributed by atoms with van der Waals surface area (Å²) in [6.07, 6.45) is 2.83. The van der Waals surface area contributed by atoms with Crippen LogP contribution in [0, 0.1) is 11.7 Å². The largest absolute Gasteiger partial charge is 0.396 e. The van der Waals surface area contributed by atoms with Gasteiger partial charge in [0.1, 0.15) is 10.8 Å². The van der Waals surface area contributed by atoms with Gasteiger partial charge in [-0.1, -0.05) is 23.5 Å². The molecule has 0 saturated carbocycles. The van der Waals surface area contributed by atoms with Crippen molar-refractivity contribution >= 4 is 16.5 Å². The van der Waals surface area contributed by atoms with Gasteiger partial charge in [0.15, 0.2) is 0 Å². The predicted molar refractivity (Wildman–Crippen MR) is 81.1 cm³/mol. The van der Waals surface area contributed by atoms with E-state index in [4.69, 9.17) is 0 Å². The minimum absolute atomic E-state index is 0.222. The fourth-order valence-electron chi connectivity index (χ4n) is 2.61. The van der Waals surface area contributed by atoms with Crippen LogP contribution in [0.4, 0.5) is 9.52 Å². The minimum Gasteiger partial charge on any atom is -0.396 e. The molecule has 1 saturated heterocycles. The number of benzene rings is 1. The average Bonchev–Trinajstić information content (AvgIpc) is 2.98. The Labute approximate surface area is 127 Å². The molecule has 6 heteroatoms. The van der Waals surface area contributed by atoms with Crippen molar-refractivity contribution in [3.8, 4) is 0 Å². The first-order valence-electron chi connectivity index (χ1n) is 7.17. The Bertz CT molecular complexity index is 587. The quantitative estimate of drug-likeness (QED) is 0.943. The van der Waals surface area contributed by atoms with Gasteiger partial charge in [-0.05, 0) is 36.5 Å². The predicted octanol–water partition coefficient (Wildman–Crippen LogP) is 2.48. The van der Waals surface area contributed by atoms with Crippen molar-refractivity contribution in [2.75, 3.05) is 24.6 Å². The standard InChI is InChI=1S/C15H18FN3OS/c16-13-5-3-11(4-6-13)8-14-17-18-15(21-14)19-7-1-2-12(9-19)10-20/h3-6,12,20H,1-2,7-10H2. The van der Waals surface area contributed by atoms with E-state index in [1.54, 1.807) is 23.5 Å². The van der Waals surface area contributed by atoms with Gasteiger partial charge in [-0.15, -0.1) is 10.2 Å². The molecule has 1 aromatic heterocycles. The number of nitrogens with zero attached hydrogens (tertiary/aromatic N) is 3. The molecule has 1 fully saturated rings. The molecular weight excluding hydrogens is 289 g/mol. The summed E-state index contributed by atoms with van der Waals surface area (Å²) in [5, 5.41) is 19.6. The van der Waals surface area contributed by atoms with Crippen LogP contribution < -0.4 is 4.90 Å². The summed E-state index contributed by atoms with van der Waals surface area (Å²) in [4.78, 5) is 2.20. The number of piperidine rings is 1. The highest BCUT2D eigenvalue weighted by Gasteiger charge is 2.22. The lowest BCUT2D eigenvalue weighted by atomic mass is 10.00. The molecule has 2 aromatic rings. The van der Waals surface area contributed by atoms with Crippen LogP contribution in [-0.4, -0.2) is 35.0 Å². The SMILES string of the molecule is OCC1CCCN(c2nnc(Cc3ccc(F)cc3)s2)C1. The second kappa shape index (κ2) is 6.49. The van der Waals surface area contributed by atoms with Crippen LogP contribution >= 0.6 is 11.3 Å². The van der Waals surface area contributed by atoms with Crippen molar-refractivity contribution in [1.82, 2.24) is 10.2 Å². The highest BCUT2D eigenvalue weighted by Crippen LogP contribution is 2.27. The molecule has 1 atom stereocenters. The molecule has 1 aliphatic heterocycles. The maximum atomic E-state index is 12.9. The van der Waals surface area contributed by atoms with Crippen molar-refractivity contribution < 1.29 is 9.50 Å². The minimum atomic E-state index is -0.222. The normalized spacial score (nSPS) is 19.0. The van der Waals surface area contributed by atoms with Gasteiger partial charge >= 0.3 is 0 Å². The molecule has 0 aliphatic carbocycles. The second-order valence-corrected chi connectivity index (χ2v) is 6.46. The number of anilines is 1. The second-order valence-electron chi connectivity index (χ2n) is 5.42. The van der Waals surface area contributed by atoms with Crippen molar-refractivity contribution in [2.45, 2.75) is 19.3 Å². The molecule has 0 spiro atoms. The lowest BCUT2D eigenvalue weighted by Crippen LogP contribution is -2.36. The molecule has 3 rings (SSSR count). The van der Waals surface area contributed by atoms with Gasteiger partial charge in [0.25, 0.3) is 0 Å². The molecule has 0 radical (unpaired) electrons. The van der Waals surface area contributed by atoms with E-state index in [2.05, 4.69) is 15.1 Å². The van der Waals surface area contributed by atoms with E-state index < -0.39 is 0 Å². The third-order valence-corrected chi connectivity index (χ3v) is 4.76. The zero-order valence-electron chi connectivity index (χ0n) is 11.7. The Balaban J connectivity index is 1.67. The zero-order valence-corrected chi connectivity index (χ0v) is 12.5. The van der Waals surface area contributed by atoms with E-state index in [0.717, 1.165) is 41.6 Å². The van der Waals surface area contributed by atoms with Crippen LogP contribution in [0.3, 0.4) is 0 Å². The van der Waals surface area contributed by atoms with Crippen molar-refractivity contribution in [3.05, 3.63) is 40.7 Å². The van der Waals surface area contributed by atoms with E-state index in [-0.39, 0.29) is 12.4 Å². The van der Waals surface area contributed by atoms with E-state index in [0.29, 0.717) is 12.3 Å². The van der Waals surface area contributed by atoms with Crippen LogP contribution in [-0.2, 0) is 6.42 Å². The Morgan fingerprint density at radius 2 is 2.10 bits per heavy atom. The lowest BCUT2D eigenvalue weighted by Gasteiger charge is -2.31. The zero-order chi connectivity index (χ0) is 14.7. The summed E-state index contributed by atoms with van der Waals surface area (Å²) in [6.45, 7) is 2.06. The van der Waals surface area contributed by atoms with Gasteiger partial charge < -0.3 is 10.0 Å².